The van der Waals surface area contributed by atoms with Crippen LogP contribution in [0.5, 0.6) is 0 Å². The lowest BCUT2D eigenvalue weighted by molar-refractivity contribution is -0.139. The molecule has 8 heavy (non-hydrogen) atoms. The van der Waals surface area contributed by atoms with Gasteiger partial charge in [-0.25, -0.2) is 0 Å². The van der Waals surface area contributed by atoms with Crippen LogP contribution in [0.25, 0.3) is 0 Å². The van der Waals surface area contributed by atoms with E-state index < -0.39 is 11.0 Å². The van der Waals surface area contributed by atoms with E-state index in [1.54, 1.807) is 0 Å². The first-order valence-electron chi connectivity index (χ1n) is 1.64. The van der Waals surface area contributed by atoms with E-state index in [2.05, 4.69) is 15.9 Å². The zero-order valence-electron chi connectivity index (χ0n) is 3.57. The maximum absolute atomic E-state index is 11.2. The SMILES string of the molecule is O=CC(Br)C(F)(F)F. The fourth-order valence-electron chi connectivity index (χ4n) is 0.0772. The second-order valence-corrected chi connectivity index (χ2v) is 2.07. The van der Waals surface area contributed by atoms with Crippen molar-refractivity contribution in [2.45, 2.75) is 11.0 Å². The first kappa shape index (κ1) is 7.94. The van der Waals surface area contributed by atoms with E-state index in [0.29, 0.717) is 0 Å². The minimum Gasteiger partial charge on any atom is -0.302 e. The fourth-order valence-corrected chi connectivity index (χ4v) is 0.0772. The maximum Gasteiger partial charge on any atom is 0.407 e. The van der Waals surface area contributed by atoms with Gasteiger partial charge in [-0.3, -0.25) is 0 Å². The van der Waals surface area contributed by atoms with Gasteiger partial charge < -0.3 is 4.79 Å². The quantitative estimate of drug-likeness (QED) is 0.453. The molecule has 5 heteroatoms. The molecule has 0 aromatic carbocycles. The second kappa shape index (κ2) is 2.48. The van der Waals surface area contributed by atoms with Crippen LogP contribution in [0.1, 0.15) is 0 Å². The van der Waals surface area contributed by atoms with Gasteiger partial charge in [0.2, 0.25) is 0 Å². The third kappa shape index (κ3) is 2.30. The molecule has 0 N–H and O–H groups in total. The molecule has 0 rings (SSSR count). The van der Waals surface area contributed by atoms with Crippen LogP contribution in [0.3, 0.4) is 0 Å². The molecule has 0 aliphatic carbocycles. The minimum absolute atomic E-state index is 0.208. The van der Waals surface area contributed by atoms with Crippen LogP contribution in [-0.2, 0) is 4.79 Å². The van der Waals surface area contributed by atoms with E-state index in [1.807, 2.05) is 0 Å². The van der Waals surface area contributed by atoms with E-state index in [-0.39, 0.29) is 6.29 Å². The molecule has 0 fully saturated rings. The van der Waals surface area contributed by atoms with Gasteiger partial charge >= 0.3 is 6.18 Å². The fraction of sp³-hybridized carbons (Fsp3) is 0.667. The van der Waals surface area contributed by atoms with Gasteiger partial charge in [0.25, 0.3) is 0 Å². The van der Waals surface area contributed by atoms with Crippen LogP contribution in [0, 0.1) is 0 Å². The molecule has 0 heterocycles. The zero-order valence-corrected chi connectivity index (χ0v) is 5.16. The van der Waals surface area contributed by atoms with Crippen LogP contribution in [0.4, 0.5) is 13.2 Å². The van der Waals surface area contributed by atoms with Gasteiger partial charge in [0.15, 0.2) is 4.83 Å². The lowest BCUT2D eigenvalue weighted by Gasteiger charge is -2.04. The van der Waals surface area contributed by atoms with E-state index in [1.165, 1.54) is 0 Å². The summed E-state index contributed by atoms with van der Waals surface area (Å²) in [6.07, 6.45) is -4.65. The monoisotopic (exact) mass is 190 g/mol. The van der Waals surface area contributed by atoms with Crippen LogP contribution in [0.15, 0.2) is 0 Å². The number of alkyl halides is 4. The van der Waals surface area contributed by atoms with Gasteiger partial charge in [0.05, 0.1) is 0 Å². The Morgan fingerprint density at radius 3 is 1.88 bits per heavy atom. The van der Waals surface area contributed by atoms with Crippen LogP contribution < -0.4 is 0 Å². The van der Waals surface area contributed by atoms with E-state index in [0.717, 1.165) is 0 Å². The molecule has 0 bridgehead atoms. The predicted octanol–water partition coefficient (Wildman–Crippen LogP) is 1.51. The molecule has 1 unspecified atom stereocenters. The average Bonchev–Trinajstić information content (AvgIpc) is 1.62. The van der Waals surface area contributed by atoms with E-state index >= 15 is 0 Å². The predicted molar refractivity (Wildman–Crippen MR) is 24.8 cm³/mol. The van der Waals surface area contributed by atoms with Crippen molar-refractivity contribution in [3.8, 4) is 0 Å². The summed E-state index contributed by atoms with van der Waals surface area (Å²) in [5.41, 5.74) is 0. The van der Waals surface area contributed by atoms with Crippen molar-refractivity contribution < 1.29 is 18.0 Å². The molecule has 0 spiro atoms. The van der Waals surface area contributed by atoms with Gasteiger partial charge in [0, 0.05) is 0 Å². The van der Waals surface area contributed by atoms with Crippen molar-refractivity contribution in [1.82, 2.24) is 0 Å². The Morgan fingerprint density at radius 1 is 1.50 bits per heavy atom. The van der Waals surface area contributed by atoms with Crippen molar-refractivity contribution in [3.63, 3.8) is 0 Å². The molecule has 48 valence electrons. The highest BCUT2D eigenvalue weighted by molar-refractivity contribution is 9.10. The summed E-state index contributed by atoms with van der Waals surface area (Å²) in [5.74, 6) is 0. The summed E-state index contributed by atoms with van der Waals surface area (Å²) in [7, 11) is 0. The van der Waals surface area contributed by atoms with Gasteiger partial charge in [-0.1, -0.05) is 15.9 Å². The first-order chi connectivity index (χ1) is 3.48. The van der Waals surface area contributed by atoms with Crippen molar-refractivity contribution in [1.29, 1.82) is 0 Å². The van der Waals surface area contributed by atoms with Gasteiger partial charge in [-0.05, 0) is 0 Å². The number of halogens is 4. The third-order valence-corrected chi connectivity index (χ3v) is 1.17. The number of aldehydes is 1. The number of carbonyl (C=O) groups is 1. The summed E-state index contributed by atoms with van der Waals surface area (Å²) in [6, 6.07) is 0. The number of rotatable bonds is 1. The maximum atomic E-state index is 11.2. The summed E-state index contributed by atoms with van der Waals surface area (Å²) >= 11 is 2.10. The number of hydrogen-bond acceptors (Lipinski definition) is 1. The largest absolute Gasteiger partial charge is 0.407 e. The first-order valence-corrected chi connectivity index (χ1v) is 2.56. The number of carbonyl (C=O) groups excluding carboxylic acids is 1. The molecular weight excluding hydrogens is 189 g/mol. The molecule has 0 radical (unpaired) electrons. The molecule has 0 aliphatic heterocycles. The lowest BCUT2D eigenvalue weighted by atomic mass is 10.5. The van der Waals surface area contributed by atoms with Crippen LogP contribution in [-0.4, -0.2) is 17.3 Å². The third-order valence-electron chi connectivity index (χ3n) is 0.432. The molecule has 0 aliphatic rings. The lowest BCUT2D eigenvalue weighted by Crippen LogP contribution is -2.23. The molecule has 0 amide bonds. The summed E-state index contributed by atoms with van der Waals surface area (Å²) in [6.45, 7) is 0. The Kier molecular flexibility index (Phi) is 2.46. The Labute approximate surface area is 52.0 Å². The van der Waals surface area contributed by atoms with Crippen LogP contribution in [0.2, 0.25) is 0 Å². The normalized spacial score (nSPS) is 15.5. The smallest absolute Gasteiger partial charge is 0.302 e. The van der Waals surface area contributed by atoms with Crippen molar-refractivity contribution in [2.75, 3.05) is 0 Å². The highest BCUT2D eigenvalue weighted by atomic mass is 79.9. The topological polar surface area (TPSA) is 17.1 Å². The Bertz CT molecular complexity index is 89.0. The molecule has 1 nitrogen and oxygen atoms in total. The molecule has 0 aromatic heterocycles. The summed E-state index contributed by atoms with van der Waals surface area (Å²) < 4.78 is 33.5. The van der Waals surface area contributed by atoms with Gasteiger partial charge in [0.1, 0.15) is 6.29 Å². The summed E-state index contributed by atoms with van der Waals surface area (Å²) in [5, 5.41) is 0. The highest BCUT2D eigenvalue weighted by Gasteiger charge is 2.37. The van der Waals surface area contributed by atoms with Crippen molar-refractivity contribution >= 4 is 22.2 Å². The van der Waals surface area contributed by atoms with E-state index in [9.17, 15) is 18.0 Å². The molecule has 0 saturated heterocycles. The standard InChI is InChI=1S/C3H2BrF3O/c4-2(1-8)3(5,6)7/h1-2H. The second-order valence-electron chi connectivity index (χ2n) is 1.08. The van der Waals surface area contributed by atoms with Gasteiger partial charge in [-0.2, -0.15) is 13.2 Å². The van der Waals surface area contributed by atoms with Gasteiger partial charge in [-0.15, -0.1) is 0 Å². The molecule has 0 aromatic rings. The molecular formula is C3H2BrF3O. The van der Waals surface area contributed by atoms with Crippen LogP contribution >= 0.6 is 15.9 Å². The number of hydrogen-bond donors (Lipinski definition) is 0. The minimum atomic E-state index is -4.44. The molecule has 0 saturated carbocycles. The Hall–Kier alpha value is -0.0600. The van der Waals surface area contributed by atoms with Crippen molar-refractivity contribution in [3.05, 3.63) is 0 Å². The average molecular weight is 191 g/mol. The molecule has 1 atom stereocenters. The van der Waals surface area contributed by atoms with Crippen molar-refractivity contribution in [2.24, 2.45) is 0 Å². The summed E-state index contributed by atoms with van der Waals surface area (Å²) in [4.78, 5) is 7.37. The van der Waals surface area contributed by atoms with E-state index in [4.69, 9.17) is 0 Å². The Balaban J connectivity index is 3.80. The highest BCUT2D eigenvalue weighted by Crippen LogP contribution is 2.24. The zero-order chi connectivity index (χ0) is 6.78. The Morgan fingerprint density at radius 2 is 1.88 bits per heavy atom.